The number of aromatic nitrogens is 1. The van der Waals surface area contributed by atoms with E-state index in [0.717, 1.165) is 15.6 Å². The van der Waals surface area contributed by atoms with Gasteiger partial charge in [0, 0.05) is 10.9 Å². The van der Waals surface area contributed by atoms with Crippen LogP contribution in [0.2, 0.25) is 0 Å². The Morgan fingerprint density at radius 3 is 2.35 bits per heavy atom. The zero-order valence-electron chi connectivity index (χ0n) is 10.0. The first-order valence-electron chi connectivity index (χ1n) is 5.39. The van der Waals surface area contributed by atoms with Crippen LogP contribution >= 0.6 is 11.3 Å². The van der Waals surface area contributed by atoms with Crippen LogP contribution in [0.1, 0.15) is 28.5 Å². The molecule has 0 amide bonds. The number of nitrogens with zero attached hydrogens (tertiary/aromatic N) is 2. The van der Waals surface area contributed by atoms with Crippen LogP contribution in [0.3, 0.4) is 0 Å². The van der Waals surface area contributed by atoms with Gasteiger partial charge in [0.1, 0.15) is 0 Å². The fraction of sp³-hybridized carbons (Fsp3) is 0.545. The minimum Gasteiger partial charge on any atom is -0.391 e. The molecule has 1 aliphatic rings. The van der Waals surface area contributed by atoms with E-state index in [0.29, 0.717) is 0 Å². The van der Waals surface area contributed by atoms with Crippen molar-refractivity contribution in [1.82, 2.24) is 9.88 Å². The van der Waals surface area contributed by atoms with Crippen molar-refractivity contribution in [3.8, 4) is 0 Å². The normalized spacial score (nSPS) is 19.2. The molecule has 92 valence electrons. The Kier molecular flexibility index (Phi) is 3.26. The first kappa shape index (κ1) is 12.2. The van der Waals surface area contributed by atoms with Crippen molar-refractivity contribution in [1.29, 1.82) is 0 Å². The van der Waals surface area contributed by atoms with Gasteiger partial charge in [-0.15, -0.1) is 11.3 Å². The Hall–Kier alpha value is -1.27. The van der Waals surface area contributed by atoms with Crippen LogP contribution < -0.4 is 0 Å². The maximum atomic E-state index is 11.2. The number of carbonyl (C=O) groups is 2. The Balaban J connectivity index is 2.19. The molecule has 17 heavy (non-hydrogen) atoms. The standard InChI is InChI=1S/C11H14N2O3S/c1-6-11(17-8(3)12-6)7(2)13-4-9(14)16-10(15)5-13/h7H,4-5H2,1-3H3. The zero-order chi connectivity index (χ0) is 12.6. The molecular formula is C11H14N2O3S. The van der Waals surface area contributed by atoms with E-state index < -0.39 is 11.9 Å². The summed E-state index contributed by atoms with van der Waals surface area (Å²) in [6.45, 7) is 6.18. The molecule has 0 aromatic carbocycles. The van der Waals surface area contributed by atoms with E-state index in [-0.39, 0.29) is 19.1 Å². The highest BCUT2D eigenvalue weighted by Crippen LogP contribution is 2.29. The number of hydrogen-bond acceptors (Lipinski definition) is 6. The summed E-state index contributed by atoms with van der Waals surface area (Å²) in [4.78, 5) is 29.7. The quantitative estimate of drug-likeness (QED) is 0.586. The van der Waals surface area contributed by atoms with E-state index in [1.165, 1.54) is 0 Å². The summed E-state index contributed by atoms with van der Waals surface area (Å²) in [5.41, 5.74) is 0.964. The van der Waals surface area contributed by atoms with Gasteiger partial charge in [-0.1, -0.05) is 0 Å². The van der Waals surface area contributed by atoms with Gasteiger partial charge in [0.15, 0.2) is 0 Å². The molecule has 1 aromatic rings. The summed E-state index contributed by atoms with van der Waals surface area (Å²) in [5.74, 6) is -0.959. The number of esters is 2. The van der Waals surface area contributed by atoms with Crippen molar-refractivity contribution in [2.45, 2.75) is 26.8 Å². The van der Waals surface area contributed by atoms with Gasteiger partial charge in [-0.2, -0.15) is 0 Å². The molecule has 2 heterocycles. The van der Waals surface area contributed by atoms with Gasteiger partial charge in [0.2, 0.25) is 0 Å². The Bertz CT molecular complexity index is 453. The number of rotatable bonds is 2. The predicted octanol–water partition coefficient (Wildman–Crippen LogP) is 1.21. The third-order valence-electron chi connectivity index (χ3n) is 2.76. The lowest BCUT2D eigenvalue weighted by Gasteiger charge is -2.29. The second-order valence-electron chi connectivity index (χ2n) is 4.11. The Labute approximate surface area is 103 Å². The van der Waals surface area contributed by atoms with Gasteiger partial charge < -0.3 is 4.74 Å². The van der Waals surface area contributed by atoms with Crippen LogP contribution in [-0.4, -0.2) is 34.9 Å². The van der Waals surface area contributed by atoms with Gasteiger partial charge >= 0.3 is 11.9 Å². The summed E-state index contributed by atoms with van der Waals surface area (Å²) in [6.07, 6.45) is 0. The summed E-state index contributed by atoms with van der Waals surface area (Å²) in [5, 5.41) is 0.996. The van der Waals surface area contributed by atoms with Crippen molar-refractivity contribution in [3.63, 3.8) is 0 Å². The summed E-state index contributed by atoms with van der Waals surface area (Å²) in [7, 11) is 0. The lowest BCUT2D eigenvalue weighted by molar-refractivity contribution is -0.167. The number of morpholine rings is 1. The smallest absolute Gasteiger partial charge is 0.327 e. The Morgan fingerprint density at radius 2 is 1.88 bits per heavy atom. The van der Waals surface area contributed by atoms with Gasteiger partial charge in [0.25, 0.3) is 0 Å². The summed E-state index contributed by atoms with van der Waals surface area (Å²) in [6, 6.07) is 0.0120. The van der Waals surface area contributed by atoms with Crippen molar-refractivity contribution in [2.24, 2.45) is 0 Å². The molecule has 0 N–H and O–H groups in total. The molecule has 6 heteroatoms. The highest BCUT2D eigenvalue weighted by Gasteiger charge is 2.30. The van der Waals surface area contributed by atoms with Crippen LogP contribution in [0, 0.1) is 13.8 Å². The average Bonchev–Trinajstić information content (AvgIpc) is 2.55. The number of thiazole rings is 1. The maximum Gasteiger partial charge on any atom is 0.327 e. The molecule has 1 fully saturated rings. The van der Waals surface area contributed by atoms with E-state index in [4.69, 9.17) is 0 Å². The molecule has 1 unspecified atom stereocenters. The lowest BCUT2D eigenvalue weighted by Crippen LogP contribution is -2.43. The monoisotopic (exact) mass is 254 g/mol. The van der Waals surface area contributed by atoms with Crippen molar-refractivity contribution < 1.29 is 14.3 Å². The van der Waals surface area contributed by atoms with Gasteiger partial charge in [-0.3, -0.25) is 14.5 Å². The van der Waals surface area contributed by atoms with E-state index in [1.807, 2.05) is 25.7 Å². The third kappa shape index (κ3) is 2.53. The van der Waals surface area contributed by atoms with E-state index in [2.05, 4.69) is 9.72 Å². The molecular weight excluding hydrogens is 240 g/mol. The summed E-state index contributed by atoms with van der Waals surface area (Å²) >= 11 is 1.60. The van der Waals surface area contributed by atoms with Crippen molar-refractivity contribution >= 4 is 23.3 Å². The fourth-order valence-electron chi connectivity index (χ4n) is 1.95. The van der Waals surface area contributed by atoms with E-state index in [1.54, 1.807) is 11.3 Å². The molecule has 0 bridgehead atoms. The van der Waals surface area contributed by atoms with E-state index >= 15 is 0 Å². The molecule has 0 spiro atoms. The second kappa shape index (κ2) is 4.54. The van der Waals surface area contributed by atoms with Crippen LogP contribution in [0.5, 0.6) is 0 Å². The largest absolute Gasteiger partial charge is 0.391 e. The first-order chi connectivity index (χ1) is 7.97. The molecule has 5 nitrogen and oxygen atoms in total. The van der Waals surface area contributed by atoms with Gasteiger partial charge in [-0.25, -0.2) is 4.98 Å². The molecule has 0 radical (unpaired) electrons. The maximum absolute atomic E-state index is 11.2. The van der Waals surface area contributed by atoms with Crippen LogP contribution in [0.25, 0.3) is 0 Å². The molecule has 1 aromatic heterocycles. The van der Waals surface area contributed by atoms with Crippen LogP contribution in [0.15, 0.2) is 0 Å². The lowest BCUT2D eigenvalue weighted by atomic mass is 10.2. The molecule has 1 aliphatic heterocycles. The third-order valence-corrected chi connectivity index (χ3v) is 4.00. The number of aryl methyl sites for hydroxylation is 2. The zero-order valence-corrected chi connectivity index (χ0v) is 10.8. The second-order valence-corrected chi connectivity index (χ2v) is 5.34. The average molecular weight is 254 g/mol. The minimum absolute atomic E-state index is 0.0120. The Morgan fingerprint density at radius 1 is 1.29 bits per heavy atom. The van der Waals surface area contributed by atoms with Crippen LogP contribution in [0.4, 0.5) is 0 Å². The fourth-order valence-corrected chi connectivity index (χ4v) is 2.97. The van der Waals surface area contributed by atoms with Crippen molar-refractivity contribution in [3.05, 3.63) is 15.6 Å². The number of cyclic esters (lactones) is 2. The van der Waals surface area contributed by atoms with Gasteiger partial charge in [0.05, 0.1) is 23.8 Å². The first-order valence-corrected chi connectivity index (χ1v) is 6.20. The molecule has 1 atom stereocenters. The number of hydrogen-bond donors (Lipinski definition) is 0. The molecule has 1 saturated heterocycles. The van der Waals surface area contributed by atoms with E-state index in [9.17, 15) is 9.59 Å². The minimum atomic E-state index is -0.480. The SMILES string of the molecule is Cc1nc(C)c(C(C)N2CC(=O)OC(=O)C2)s1. The van der Waals surface area contributed by atoms with Gasteiger partial charge in [-0.05, 0) is 20.8 Å². The topological polar surface area (TPSA) is 59.5 Å². The van der Waals surface area contributed by atoms with Crippen molar-refractivity contribution in [2.75, 3.05) is 13.1 Å². The summed E-state index contributed by atoms with van der Waals surface area (Å²) < 4.78 is 4.51. The van der Waals surface area contributed by atoms with Crippen LogP contribution in [-0.2, 0) is 14.3 Å². The predicted molar refractivity (Wildman–Crippen MR) is 62.7 cm³/mol. The molecule has 2 rings (SSSR count). The number of ether oxygens (including phenoxy) is 1. The molecule has 0 aliphatic carbocycles. The number of carbonyl (C=O) groups excluding carboxylic acids is 2. The highest BCUT2D eigenvalue weighted by atomic mass is 32.1. The highest BCUT2D eigenvalue weighted by molar-refractivity contribution is 7.11. The molecule has 0 saturated carbocycles.